The molecule has 2 N–H and O–H groups in total. The van der Waals surface area contributed by atoms with E-state index in [1.54, 1.807) is 20.8 Å². The lowest BCUT2D eigenvalue weighted by Gasteiger charge is -2.29. The van der Waals surface area contributed by atoms with Gasteiger partial charge in [0.1, 0.15) is 5.60 Å². The minimum absolute atomic E-state index is 0.300. The normalized spacial score (nSPS) is 15.3. The van der Waals surface area contributed by atoms with E-state index in [1.165, 1.54) is 13.8 Å². The van der Waals surface area contributed by atoms with Gasteiger partial charge in [0.15, 0.2) is 6.10 Å². The summed E-state index contributed by atoms with van der Waals surface area (Å²) in [6.07, 6.45) is -0.902. The summed E-state index contributed by atoms with van der Waals surface area (Å²) < 4.78 is 9.80. The quantitative estimate of drug-likeness (QED) is 0.698. The lowest BCUT2D eigenvalue weighted by atomic mass is 10.0. The van der Waals surface area contributed by atoms with Crippen molar-refractivity contribution in [2.45, 2.75) is 52.4 Å². The van der Waals surface area contributed by atoms with Gasteiger partial charge in [-0.1, -0.05) is 0 Å². The van der Waals surface area contributed by atoms with Crippen molar-refractivity contribution in [1.82, 2.24) is 0 Å². The zero-order valence-corrected chi connectivity index (χ0v) is 9.87. The Bertz CT molecular complexity index is 248. The molecule has 0 aliphatic rings. The van der Waals surface area contributed by atoms with Crippen LogP contribution in [0.25, 0.3) is 0 Å². The average molecular weight is 217 g/mol. The van der Waals surface area contributed by atoms with Gasteiger partial charge in [0, 0.05) is 13.0 Å². The molecule has 0 aliphatic heterocycles. The van der Waals surface area contributed by atoms with E-state index in [0.29, 0.717) is 0 Å². The van der Waals surface area contributed by atoms with Crippen molar-refractivity contribution in [3.63, 3.8) is 0 Å². The van der Waals surface area contributed by atoms with Crippen molar-refractivity contribution in [2.24, 2.45) is 5.73 Å². The van der Waals surface area contributed by atoms with Gasteiger partial charge in [-0.05, 0) is 27.7 Å². The van der Waals surface area contributed by atoms with E-state index in [4.69, 9.17) is 10.5 Å². The first-order chi connectivity index (χ1) is 6.66. The molecule has 0 saturated carbocycles. The SMILES string of the molecule is CC(=O)OC(C)C(=O)OC(C)(C)C(C)N. The monoisotopic (exact) mass is 217 g/mol. The Balaban J connectivity index is 4.30. The van der Waals surface area contributed by atoms with Gasteiger partial charge in [-0.25, -0.2) is 4.79 Å². The molecule has 0 aliphatic carbocycles. The Labute approximate surface area is 89.9 Å². The first-order valence-electron chi connectivity index (χ1n) is 4.82. The van der Waals surface area contributed by atoms with E-state index >= 15 is 0 Å². The highest BCUT2D eigenvalue weighted by Crippen LogP contribution is 2.14. The fourth-order valence-corrected chi connectivity index (χ4v) is 0.732. The van der Waals surface area contributed by atoms with Gasteiger partial charge in [0.05, 0.1) is 0 Å². The van der Waals surface area contributed by atoms with Crippen LogP contribution in [0.3, 0.4) is 0 Å². The number of rotatable bonds is 4. The highest BCUT2D eigenvalue weighted by Gasteiger charge is 2.30. The molecule has 0 aromatic rings. The van der Waals surface area contributed by atoms with E-state index in [-0.39, 0.29) is 6.04 Å². The van der Waals surface area contributed by atoms with Crippen LogP contribution in [-0.2, 0) is 19.1 Å². The van der Waals surface area contributed by atoms with Gasteiger partial charge in [-0.3, -0.25) is 4.79 Å². The topological polar surface area (TPSA) is 78.6 Å². The summed E-state index contributed by atoms with van der Waals surface area (Å²) in [6.45, 7) is 7.84. The highest BCUT2D eigenvalue weighted by molar-refractivity contribution is 5.78. The van der Waals surface area contributed by atoms with Crippen LogP contribution in [0.5, 0.6) is 0 Å². The summed E-state index contributed by atoms with van der Waals surface area (Å²) in [4.78, 5) is 22.0. The van der Waals surface area contributed by atoms with E-state index in [2.05, 4.69) is 4.74 Å². The molecule has 0 aromatic heterocycles. The molecule has 0 amide bonds. The molecule has 0 rings (SSSR count). The van der Waals surface area contributed by atoms with Crippen molar-refractivity contribution in [1.29, 1.82) is 0 Å². The Hall–Kier alpha value is -1.10. The van der Waals surface area contributed by atoms with Crippen LogP contribution in [0.15, 0.2) is 0 Å². The van der Waals surface area contributed by atoms with Crippen molar-refractivity contribution in [3.05, 3.63) is 0 Å². The molecule has 0 heterocycles. The highest BCUT2D eigenvalue weighted by atomic mass is 16.6. The molecule has 15 heavy (non-hydrogen) atoms. The van der Waals surface area contributed by atoms with Gasteiger partial charge >= 0.3 is 11.9 Å². The molecule has 0 radical (unpaired) electrons. The average Bonchev–Trinajstić information content (AvgIpc) is 2.01. The number of carbonyl (C=O) groups excluding carboxylic acids is 2. The van der Waals surface area contributed by atoms with Crippen molar-refractivity contribution in [3.8, 4) is 0 Å². The van der Waals surface area contributed by atoms with E-state index in [1.807, 2.05) is 0 Å². The van der Waals surface area contributed by atoms with Crippen LogP contribution >= 0.6 is 0 Å². The third-order valence-electron chi connectivity index (χ3n) is 2.13. The van der Waals surface area contributed by atoms with Gasteiger partial charge in [0.2, 0.25) is 0 Å². The number of nitrogens with two attached hydrogens (primary N) is 1. The van der Waals surface area contributed by atoms with Gasteiger partial charge in [-0.2, -0.15) is 0 Å². The summed E-state index contributed by atoms with van der Waals surface area (Å²) in [5, 5.41) is 0. The third-order valence-corrected chi connectivity index (χ3v) is 2.13. The number of carbonyl (C=O) groups is 2. The standard InChI is InChI=1S/C10H19NO4/c1-6(14-8(3)12)9(13)15-10(4,5)7(2)11/h6-7H,11H2,1-5H3. The van der Waals surface area contributed by atoms with Crippen molar-refractivity contribution >= 4 is 11.9 Å². The second kappa shape index (κ2) is 5.11. The minimum atomic E-state index is -0.902. The van der Waals surface area contributed by atoms with Crippen molar-refractivity contribution < 1.29 is 19.1 Å². The summed E-state index contributed by atoms with van der Waals surface area (Å²) >= 11 is 0. The van der Waals surface area contributed by atoms with E-state index in [0.717, 1.165) is 0 Å². The van der Waals surface area contributed by atoms with Crippen LogP contribution in [-0.4, -0.2) is 29.7 Å². The fourth-order valence-electron chi connectivity index (χ4n) is 0.732. The molecule has 88 valence electrons. The van der Waals surface area contributed by atoms with Gasteiger partial charge in [0.25, 0.3) is 0 Å². The van der Waals surface area contributed by atoms with E-state index < -0.39 is 23.6 Å². The summed E-state index contributed by atoms with van der Waals surface area (Å²) in [5.41, 5.74) is 4.86. The molecule has 0 fully saturated rings. The largest absolute Gasteiger partial charge is 0.455 e. The summed E-state index contributed by atoms with van der Waals surface area (Å²) in [6, 6.07) is -0.300. The predicted octanol–water partition coefficient (Wildman–Crippen LogP) is 0.607. The lowest BCUT2D eigenvalue weighted by Crippen LogP contribution is -2.46. The molecule has 2 atom stereocenters. The maximum atomic E-state index is 11.4. The third kappa shape index (κ3) is 4.78. The fraction of sp³-hybridized carbons (Fsp3) is 0.800. The van der Waals surface area contributed by atoms with Gasteiger partial charge in [-0.15, -0.1) is 0 Å². The Morgan fingerprint density at radius 1 is 1.27 bits per heavy atom. The summed E-state index contributed by atoms with van der Waals surface area (Å²) in [7, 11) is 0. The molecule has 5 nitrogen and oxygen atoms in total. The van der Waals surface area contributed by atoms with E-state index in [9.17, 15) is 9.59 Å². The number of esters is 2. The maximum absolute atomic E-state index is 11.4. The first-order valence-corrected chi connectivity index (χ1v) is 4.82. The molecule has 0 saturated heterocycles. The second-order valence-electron chi connectivity index (χ2n) is 4.06. The van der Waals surface area contributed by atoms with Crippen LogP contribution in [0, 0.1) is 0 Å². The predicted molar refractivity (Wildman–Crippen MR) is 55.0 cm³/mol. The number of hydrogen-bond donors (Lipinski definition) is 1. The second-order valence-corrected chi connectivity index (χ2v) is 4.06. The molecule has 0 aromatic carbocycles. The smallest absolute Gasteiger partial charge is 0.347 e. The molecular formula is C10H19NO4. The zero-order chi connectivity index (χ0) is 12.2. The molecule has 0 spiro atoms. The number of ether oxygens (including phenoxy) is 2. The first kappa shape index (κ1) is 13.9. The van der Waals surface area contributed by atoms with Gasteiger partial charge < -0.3 is 15.2 Å². The summed E-state index contributed by atoms with van der Waals surface area (Å²) in [5.74, 6) is -1.11. The molecular weight excluding hydrogens is 198 g/mol. The minimum Gasteiger partial charge on any atom is -0.455 e. The van der Waals surface area contributed by atoms with Crippen LogP contribution < -0.4 is 5.73 Å². The molecule has 0 bridgehead atoms. The maximum Gasteiger partial charge on any atom is 0.347 e. The number of hydrogen-bond acceptors (Lipinski definition) is 5. The van der Waals surface area contributed by atoms with Crippen LogP contribution in [0.2, 0.25) is 0 Å². The Morgan fingerprint density at radius 2 is 1.73 bits per heavy atom. The Morgan fingerprint density at radius 3 is 2.07 bits per heavy atom. The van der Waals surface area contributed by atoms with Crippen LogP contribution in [0.1, 0.15) is 34.6 Å². The lowest BCUT2D eigenvalue weighted by molar-refractivity contribution is -0.175. The zero-order valence-electron chi connectivity index (χ0n) is 9.87. The van der Waals surface area contributed by atoms with Crippen molar-refractivity contribution in [2.75, 3.05) is 0 Å². The van der Waals surface area contributed by atoms with Crippen LogP contribution in [0.4, 0.5) is 0 Å². The molecule has 2 unspecified atom stereocenters. The Kier molecular flexibility index (Phi) is 4.74. The molecule has 5 heteroatoms.